The molecule has 0 rings (SSSR count). The van der Waals surface area contributed by atoms with Crippen LogP contribution in [-0.4, -0.2) is 14.2 Å². The summed E-state index contributed by atoms with van der Waals surface area (Å²) in [5.74, 6) is 5.39. The zero-order chi connectivity index (χ0) is 15.3. The van der Waals surface area contributed by atoms with Crippen LogP contribution >= 0.6 is 0 Å². The highest BCUT2D eigenvalue weighted by Crippen LogP contribution is 2.20. The van der Waals surface area contributed by atoms with E-state index in [1.807, 2.05) is 0 Å². The highest BCUT2D eigenvalue weighted by atomic mass is 32.2. The van der Waals surface area contributed by atoms with Gasteiger partial charge in [0.1, 0.15) is 0 Å². The van der Waals surface area contributed by atoms with Crippen molar-refractivity contribution in [2.24, 2.45) is 11.8 Å². The summed E-state index contributed by atoms with van der Waals surface area (Å²) >= 11 is 0. The molecule has 0 fully saturated rings. The normalized spacial score (nSPS) is 13.6. The molecule has 0 aliphatic carbocycles. The first kappa shape index (κ1) is 19.9. The van der Waals surface area contributed by atoms with Crippen LogP contribution in [0, 0.1) is 5.92 Å². The van der Waals surface area contributed by atoms with Gasteiger partial charge in [0.15, 0.2) is 0 Å². The second kappa shape index (κ2) is 12.6. The van der Waals surface area contributed by atoms with Gasteiger partial charge in [0.2, 0.25) is 0 Å². The standard InChI is InChI=1S/C15H33NO3S/c1-3-5-6-7-8-9-10-12-15(4-2)13-11-14-20(17,18)19-16/h15H,3-14,16H2,1-2H3. The Bertz CT molecular complexity index is 304. The van der Waals surface area contributed by atoms with E-state index < -0.39 is 10.1 Å². The fourth-order valence-electron chi connectivity index (χ4n) is 2.54. The van der Waals surface area contributed by atoms with Gasteiger partial charge < -0.3 is 0 Å². The van der Waals surface area contributed by atoms with Gasteiger partial charge in [-0.15, -0.1) is 0 Å². The van der Waals surface area contributed by atoms with Gasteiger partial charge in [-0.1, -0.05) is 71.6 Å². The summed E-state index contributed by atoms with van der Waals surface area (Å²) in [7, 11) is -3.48. The van der Waals surface area contributed by atoms with Crippen LogP contribution in [0.1, 0.15) is 84.5 Å². The molecule has 5 heteroatoms. The molecule has 0 aliphatic rings. The van der Waals surface area contributed by atoms with Crippen molar-refractivity contribution in [1.82, 2.24) is 0 Å². The Kier molecular flexibility index (Phi) is 12.5. The van der Waals surface area contributed by atoms with Crippen LogP contribution in [-0.2, 0) is 14.4 Å². The van der Waals surface area contributed by atoms with Crippen molar-refractivity contribution in [1.29, 1.82) is 0 Å². The Morgan fingerprint density at radius 3 is 2.00 bits per heavy atom. The predicted molar refractivity (Wildman–Crippen MR) is 84.7 cm³/mol. The van der Waals surface area contributed by atoms with E-state index in [1.165, 1.54) is 51.4 Å². The SMILES string of the molecule is CCCCCCCCCC(CC)CCCS(=O)(=O)ON. The zero-order valence-corrected chi connectivity index (χ0v) is 14.1. The first-order valence-electron chi connectivity index (χ1n) is 8.16. The Hall–Kier alpha value is -0.130. The fraction of sp³-hybridized carbons (Fsp3) is 1.00. The Balaban J connectivity index is 3.57. The number of rotatable bonds is 14. The molecule has 122 valence electrons. The van der Waals surface area contributed by atoms with Crippen molar-refractivity contribution in [2.45, 2.75) is 84.5 Å². The lowest BCUT2D eigenvalue weighted by atomic mass is 9.94. The summed E-state index contributed by atoms with van der Waals surface area (Å²) in [6.07, 6.45) is 13.2. The molecular weight excluding hydrogens is 274 g/mol. The van der Waals surface area contributed by atoms with E-state index in [4.69, 9.17) is 5.90 Å². The molecule has 0 bridgehead atoms. The molecule has 20 heavy (non-hydrogen) atoms. The van der Waals surface area contributed by atoms with Gasteiger partial charge in [0.05, 0.1) is 5.75 Å². The van der Waals surface area contributed by atoms with E-state index in [9.17, 15) is 8.42 Å². The molecular formula is C15H33NO3S. The van der Waals surface area contributed by atoms with Crippen molar-refractivity contribution in [3.05, 3.63) is 0 Å². The summed E-state index contributed by atoms with van der Waals surface area (Å²) in [5, 5.41) is 0. The Morgan fingerprint density at radius 2 is 1.45 bits per heavy atom. The molecule has 4 nitrogen and oxygen atoms in total. The fourth-order valence-corrected chi connectivity index (χ4v) is 3.16. The average Bonchev–Trinajstić information content (AvgIpc) is 2.44. The summed E-state index contributed by atoms with van der Waals surface area (Å²) in [5.41, 5.74) is 0. The summed E-state index contributed by atoms with van der Waals surface area (Å²) in [4.78, 5) is 0. The maximum atomic E-state index is 11.1. The van der Waals surface area contributed by atoms with Crippen molar-refractivity contribution in [3.63, 3.8) is 0 Å². The van der Waals surface area contributed by atoms with Gasteiger partial charge in [0.25, 0.3) is 10.1 Å². The van der Waals surface area contributed by atoms with Crippen LogP contribution in [0.2, 0.25) is 0 Å². The lowest BCUT2D eigenvalue weighted by Crippen LogP contribution is -2.15. The average molecular weight is 308 g/mol. The predicted octanol–water partition coefficient (Wildman–Crippen LogP) is 4.15. The van der Waals surface area contributed by atoms with E-state index >= 15 is 0 Å². The summed E-state index contributed by atoms with van der Waals surface area (Å²) in [6, 6.07) is 0. The molecule has 1 atom stereocenters. The minimum absolute atomic E-state index is 0.0387. The monoisotopic (exact) mass is 307 g/mol. The van der Waals surface area contributed by atoms with E-state index in [0.29, 0.717) is 12.3 Å². The van der Waals surface area contributed by atoms with Crippen LogP contribution in [0.5, 0.6) is 0 Å². The second-order valence-electron chi connectivity index (χ2n) is 5.68. The van der Waals surface area contributed by atoms with Crippen LogP contribution < -0.4 is 5.90 Å². The molecule has 2 N–H and O–H groups in total. The smallest absolute Gasteiger partial charge is 0.198 e. The highest BCUT2D eigenvalue weighted by molar-refractivity contribution is 7.86. The lowest BCUT2D eigenvalue weighted by Gasteiger charge is -2.14. The molecule has 0 aliphatic heterocycles. The van der Waals surface area contributed by atoms with Crippen molar-refractivity contribution in [2.75, 3.05) is 5.75 Å². The van der Waals surface area contributed by atoms with Gasteiger partial charge in [-0.3, -0.25) is 0 Å². The Labute approximate surface area is 125 Å². The highest BCUT2D eigenvalue weighted by Gasteiger charge is 2.12. The molecule has 0 aromatic rings. The molecule has 0 heterocycles. The molecule has 0 amide bonds. The molecule has 0 radical (unpaired) electrons. The van der Waals surface area contributed by atoms with E-state index in [0.717, 1.165) is 12.8 Å². The zero-order valence-electron chi connectivity index (χ0n) is 13.3. The second-order valence-corrected chi connectivity index (χ2v) is 7.40. The van der Waals surface area contributed by atoms with Gasteiger partial charge in [0, 0.05) is 0 Å². The summed E-state index contributed by atoms with van der Waals surface area (Å²) < 4.78 is 26.2. The third-order valence-corrected chi connectivity index (χ3v) is 5.03. The first-order chi connectivity index (χ1) is 9.55. The third-order valence-electron chi connectivity index (χ3n) is 3.95. The minimum atomic E-state index is -3.48. The van der Waals surface area contributed by atoms with Crippen LogP contribution in [0.4, 0.5) is 0 Å². The van der Waals surface area contributed by atoms with Crippen molar-refractivity contribution in [3.8, 4) is 0 Å². The van der Waals surface area contributed by atoms with Gasteiger partial charge >= 0.3 is 0 Å². The molecule has 0 aromatic heterocycles. The quantitative estimate of drug-likeness (QED) is 0.386. The minimum Gasteiger partial charge on any atom is -0.198 e. The topological polar surface area (TPSA) is 69.4 Å². The number of hydrogen-bond donors (Lipinski definition) is 1. The molecule has 1 unspecified atom stereocenters. The Morgan fingerprint density at radius 1 is 0.900 bits per heavy atom. The van der Waals surface area contributed by atoms with Crippen LogP contribution in [0.3, 0.4) is 0 Å². The molecule has 0 saturated heterocycles. The lowest BCUT2D eigenvalue weighted by molar-refractivity contribution is 0.329. The van der Waals surface area contributed by atoms with Gasteiger partial charge in [-0.2, -0.15) is 18.6 Å². The van der Waals surface area contributed by atoms with Crippen molar-refractivity contribution < 1.29 is 12.7 Å². The molecule has 0 aromatic carbocycles. The van der Waals surface area contributed by atoms with Crippen LogP contribution in [0.15, 0.2) is 0 Å². The number of nitrogens with two attached hydrogens (primary N) is 1. The van der Waals surface area contributed by atoms with Gasteiger partial charge in [-0.25, -0.2) is 0 Å². The summed E-state index contributed by atoms with van der Waals surface area (Å²) in [6.45, 7) is 4.42. The largest absolute Gasteiger partial charge is 0.283 e. The number of unbranched alkanes of at least 4 members (excludes halogenated alkanes) is 6. The van der Waals surface area contributed by atoms with E-state index in [2.05, 4.69) is 18.1 Å². The van der Waals surface area contributed by atoms with Crippen LogP contribution in [0.25, 0.3) is 0 Å². The molecule has 0 saturated carbocycles. The first-order valence-corrected chi connectivity index (χ1v) is 9.74. The maximum absolute atomic E-state index is 11.1. The number of hydrogen-bond acceptors (Lipinski definition) is 4. The van der Waals surface area contributed by atoms with Crippen molar-refractivity contribution >= 4 is 10.1 Å². The molecule has 0 spiro atoms. The van der Waals surface area contributed by atoms with E-state index in [1.54, 1.807) is 0 Å². The maximum Gasteiger partial charge on any atom is 0.283 e. The van der Waals surface area contributed by atoms with Gasteiger partial charge in [-0.05, 0) is 18.8 Å². The van der Waals surface area contributed by atoms with E-state index in [-0.39, 0.29) is 5.75 Å². The third kappa shape index (κ3) is 11.7.